The van der Waals surface area contributed by atoms with Gasteiger partial charge in [-0.3, -0.25) is 15.2 Å². The van der Waals surface area contributed by atoms with Crippen molar-refractivity contribution in [3.05, 3.63) is 47.5 Å². The van der Waals surface area contributed by atoms with E-state index in [0.29, 0.717) is 34.6 Å². The zero-order valence-electron chi connectivity index (χ0n) is 17.8. The van der Waals surface area contributed by atoms with Gasteiger partial charge in [0.1, 0.15) is 17.2 Å². The summed E-state index contributed by atoms with van der Waals surface area (Å²) in [6.45, 7) is 6.03. The minimum absolute atomic E-state index is 0.141. The normalized spacial score (nSPS) is 10.7. The highest BCUT2D eigenvalue weighted by Gasteiger charge is 2.14. The molecule has 8 heteroatoms. The van der Waals surface area contributed by atoms with Crippen LogP contribution in [-0.2, 0) is 4.79 Å². The first-order valence-corrected chi connectivity index (χ1v) is 9.59. The van der Waals surface area contributed by atoms with Gasteiger partial charge in [0.05, 0.1) is 19.8 Å². The highest BCUT2D eigenvalue weighted by molar-refractivity contribution is 5.90. The van der Waals surface area contributed by atoms with Gasteiger partial charge in [-0.1, -0.05) is 26.0 Å². The first-order chi connectivity index (χ1) is 14.4. The van der Waals surface area contributed by atoms with Crippen LogP contribution in [0.4, 0.5) is 5.95 Å². The van der Waals surface area contributed by atoms with Gasteiger partial charge in [0.2, 0.25) is 5.95 Å². The van der Waals surface area contributed by atoms with Gasteiger partial charge in [-0.25, -0.2) is 0 Å². The average Bonchev–Trinajstić information content (AvgIpc) is 3.20. The summed E-state index contributed by atoms with van der Waals surface area (Å²) in [4.78, 5) is 16.6. The summed E-state index contributed by atoms with van der Waals surface area (Å²) in [7, 11) is 3.14. The number of nitrogens with one attached hydrogen (secondary N) is 2. The molecule has 3 rings (SSSR count). The van der Waals surface area contributed by atoms with Crippen molar-refractivity contribution >= 4 is 11.9 Å². The number of aryl methyl sites for hydroxylation is 1. The Labute approximate surface area is 175 Å². The third kappa shape index (κ3) is 4.89. The van der Waals surface area contributed by atoms with Crippen molar-refractivity contribution in [3.63, 3.8) is 0 Å². The van der Waals surface area contributed by atoms with Crippen LogP contribution in [0.2, 0.25) is 0 Å². The molecule has 0 aliphatic rings. The first-order valence-electron chi connectivity index (χ1n) is 9.59. The van der Waals surface area contributed by atoms with Crippen LogP contribution in [0.1, 0.15) is 30.9 Å². The van der Waals surface area contributed by atoms with Gasteiger partial charge >= 0.3 is 0 Å². The third-order valence-corrected chi connectivity index (χ3v) is 4.64. The van der Waals surface area contributed by atoms with E-state index in [0.717, 1.165) is 11.1 Å². The maximum Gasteiger partial charge on any atom is 0.264 e. The van der Waals surface area contributed by atoms with Gasteiger partial charge in [0, 0.05) is 6.07 Å². The first kappa shape index (κ1) is 21.2. The summed E-state index contributed by atoms with van der Waals surface area (Å²) in [5.74, 6) is 2.58. The van der Waals surface area contributed by atoms with Crippen LogP contribution in [-0.4, -0.2) is 41.9 Å². The molecule has 1 amide bonds. The average molecular weight is 410 g/mol. The molecule has 3 aromatic rings. The zero-order chi connectivity index (χ0) is 21.7. The molecule has 0 atom stereocenters. The van der Waals surface area contributed by atoms with Crippen molar-refractivity contribution in [2.75, 3.05) is 26.1 Å². The molecule has 0 saturated heterocycles. The summed E-state index contributed by atoms with van der Waals surface area (Å²) in [5, 5.41) is 9.49. The maximum atomic E-state index is 12.3. The predicted molar refractivity (Wildman–Crippen MR) is 114 cm³/mol. The molecule has 0 saturated carbocycles. The molecule has 0 fully saturated rings. The monoisotopic (exact) mass is 410 g/mol. The van der Waals surface area contributed by atoms with E-state index in [1.165, 1.54) is 0 Å². The number of aromatic amines is 1. The van der Waals surface area contributed by atoms with Crippen LogP contribution in [0, 0.1) is 6.92 Å². The van der Waals surface area contributed by atoms with E-state index in [9.17, 15) is 4.79 Å². The number of benzene rings is 2. The van der Waals surface area contributed by atoms with Gasteiger partial charge in [0.25, 0.3) is 5.91 Å². The summed E-state index contributed by atoms with van der Waals surface area (Å²) < 4.78 is 16.3. The lowest BCUT2D eigenvalue weighted by Gasteiger charge is -2.12. The standard InChI is InChI=1S/C22H26N4O4/c1-13(2)15-7-6-14(3)18(10-15)30-12-20(27)23-22-24-21(25-26-22)17-9-8-16(28-4)11-19(17)29-5/h6-11,13H,12H2,1-5H3,(H2,23,24,25,26,27). The Bertz CT molecular complexity index is 1030. The molecule has 158 valence electrons. The smallest absolute Gasteiger partial charge is 0.264 e. The van der Waals surface area contributed by atoms with Gasteiger partial charge in [-0.05, 0) is 42.2 Å². The number of hydrogen-bond acceptors (Lipinski definition) is 6. The second-order valence-electron chi connectivity index (χ2n) is 7.09. The Morgan fingerprint density at radius 2 is 1.90 bits per heavy atom. The van der Waals surface area contributed by atoms with Crippen LogP contribution in [0.25, 0.3) is 11.4 Å². The Hall–Kier alpha value is -3.55. The highest BCUT2D eigenvalue weighted by Crippen LogP contribution is 2.31. The number of hydrogen-bond donors (Lipinski definition) is 2. The summed E-state index contributed by atoms with van der Waals surface area (Å²) >= 11 is 0. The van der Waals surface area contributed by atoms with Gasteiger partial charge in [-0.15, -0.1) is 5.10 Å². The second kappa shape index (κ2) is 9.30. The molecule has 2 N–H and O–H groups in total. The second-order valence-corrected chi connectivity index (χ2v) is 7.09. The summed E-state index contributed by atoms with van der Waals surface area (Å²) in [6.07, 6.45) is 0. The molecule has 0 radical (unpaired) electrons. The van der Waals surface area contributed by atoms with E-state index in [1.54, 1.807) is 32.4 Å². The number of methoxy groups -OCH3 is 2. The lowest BCUT2D eigenvalue weighted by molar-refractivity contribution is -0.118. The number of H-pyrrole nitrogens is 1. The summed E-state index contributed by atoms with van der Waals surface area (Å²) in [6, 6.07) is 11.4. The number of aromatic nitrogens is 3. The third-order valence-electron chi connectivity index (χ3n) is 4.64. The van der Waals surface area contributed by atoms with Crippen LogP contribution in [0.3, 0.4) is 0 Å². The SMILES string of the molecule is COc1ccc(-c2nc(NC(=O)COc3cc(C(C)C)ccc3C)n[nH]2)c(OC)c1. The fourth-order valence-corrected chi connectivity index (χ4v) is 2.87. The number of ether oxygens (including phenoxy) is 3. The van der Waals surface area contributed by atoms with Crippen molar-refractivity contribution in [2.24, 2.45) is 0 Å². The number of nitrogens with zero attached hydrogens (tertiary/aromatic N) is 2. The topological polar surface area (TPSA) is 98.4 Å². The van der Waals surface area contributed by atoms with Crippen molar-refractivity contribution in [1.82, 2.24) is 15.2 Å². The van der Waals surface area contributed by atoms with Crippen molar-refractivity contribution in [3.8, 4) is 28.6 Å². The van der Waals surface area contributed by atoms with Crippen molar-refractivity contribution < 1.29 is 19.0 Å². The number of anilines is 1. The van der Waals surface area contributed by atoms with E-state index in [1.807, 2.05) is 19.1 Å². The van der Waals surface area contributed by atoms with Crippen LogP contribution in [0.5, 0.6) is 17.2 Å². The molecule has 0 bridgehead atoms. The molecule has 1 heterocycles. The van der Waals surface area contributed by atoms with Crippen LogP contribution >= 0.6 is 0 Å². The van der Waals surface area contributed by atoms with E-state index >= 15 is 0 Å². The van der Waals surface area contributed by atoms with Crippen molar-refractivity contribution in [2.45, 2.75) is 26.7 Å². The molecular formula is C22H26N4O4. The van der Waals surface area contributed by atoms with E-state index in [-0.39, 0.29) is 18.5 Å². The highest BCUT2D eigenvalue weighted by atomic mass is 16.5. The molecule has 8 nitrogen and oxygen atoms in total. The van der Waals surface area contributed by atoms with Crippen LogP contribution < -0.4 is 19.5 Å². The minimum atomic E-state index is -0.350. The summed E-state index contributed by atoms with van der Waals surface area (Å²) in [5.41, 5.74) is 2.82. The van der Waals surface area contributed by atoms with E-state index in [4.69, 9.17) is 14.2 Å². The number of amides is 1. The predicted octanol–water partition coefficient (Wildman–Crippen LogP) is 3.94. The molecule has 30 heavy (non-hydrogen) atoms. The minimum Gasteiger partial charge on any atom is -0.497 e. The zero-order valence-corrected chi connectivity index (χ0v) is 17.8. The fourth-order valence-electron chi connectivity index (χ4n) is 2.87. The Kier molecular flexibility index (Phi) is 6.56. The van der Waals surface area contributed by atoms with Crippen LogP contribution in [0.15, 0.2) is 36.4 Å². The Morgan fingerprint density at radius 3 is 2.60 bits per heavy atom. The molecular weight excluding hydrogens is 384 g/mol. The van der Waals surface area contributed by atoms with Gasteiger partial charge in [-0.2, -0.15) is 4.98 Å². The molecule has 2 aromatic carbocycles. The van der Waals surface area contributed by atoms with Crippen molar-refractivity contribution in [1.29, 1.82) is 0 Å². The Morgan fingerprint density at radius 1 is 1.10 bits per heavy atom. The van der Waals surface area contributed by atoms with Gasteiger partial charge < -0.3 is 14.2 Å². The maximum absolute atomic E-state index is 12.3. The molecule has 1 aromatic heterocycles. The molecule has 0 aliphatic heterocycles. The fraction of sp³-hybridized carbons (Fsp3) is 0.318. The number of rotatable bonds is 8. The molecule has 0 aliphatic carbocycles. The number of carbonyl (C=O) groups is 1. The number of carbonyl (C=O) groups excluding carboxylic acids is 1. The largest absolute Gasteiger partial charge is 0.497 e. The Balaban J connectivity index is 1.65. The quantitative estimate of drug-likeness (QED) is 0.584. The van der Waals surface area contributed by atoms with E-state index in [2.05, 4.69) is 40.4 Å². The van der Waals surface area contributed by atoms with Gasteiger partial charge in [0.15, 0.2) is 12.4 Å². The lowest BCUT2D eigenvalue weighted by atomic mass is 10.0. The molecule has 0 unspecified atom stereocenters. The molecule has 0 spiro atoms. The van der Waals surface area contributed by atoms with E-state index < -0.39 is 0 Å². The lowest BCUT2D eigenvalue weighted by Crippen LogP contribution is -2.21.